The van der Waals surface area contributed by atoms with Gasteiger partial charge in [-0.05, 0) is 31.7 Å². The average Bonchev–Trinajstić information content (AvgIpc) is 2.72. The summed E-state index contributed by atoms with van der Waals surface area (Å²) >= 11 is 1.84. The van der Waals surface area contributed by atoms with Crippen molar-refractivity contribution in [3.05, 3.63) is 23.9 Å². The van der Waals surface area contributed by atoms with E-state index < -0.39 is 0 Å². The number of pyridine rings is 1. The highest BCUT2D eigenvalue weighted by molar-refractivity contribution is 7.98. The van der Waals surface area contributed by atoms with Gasteiger partial charge in [0.25, 0.3) is 0 Å². The lowest BCUT2D eigenvalue weighted by atomic mass is 10.3. The number of fused-ring (bicyclic) bond motifs is 1. The Balaban J connectivity index is 2.21. The Morgan fingerprint density at radius 1 is 1.47 bits per heavy atom. The molecule has 0 amide bonds. The molecule has 0 aliphatic heterocycles. The van der Waals surface area contributed by atoms with Crippen molar-refractivity contribution in [2.45, 2.75) is 26.3 Å². The minimum absolute atomic E-state index is 0.433. The Labute approximate surface area is 106 Å². The highest BCUT2D eigenvalue weighted by atomic mass is 32.2. The zero-order valence-corrected chi connectivity index (χ0v) is 11.3. The van der Waals surface area contributed by atoms with Gasteiger partial charge in [0.2, 0.25) is 5.95 Å². The predicted octanol–water partition coefficient (Wildman–Crippen LogP) is 2.59. The third-order valence-electron chi connectivity index (χ3n) is 2.74. The van der Waals surface area contributed by atoms with Crippen LogP contribution in [0.3, 0.4) is 0 Å². The smallest absolute Gasteiger partial charge is 0.243 e. The molecular weight excluding hydrogens is 232 g/mol. The Morgan fingerprint density at radius 3 is 2.94 bits per heavy atom. The summed E-state index contributed by atoms with van der Waals surface area (Å²) in [5, 5.41) is 7.85. The quantitative estimate of drug-likeness (QED) is 0.885. The molecule has 0 radical (unpaired) electrons. The molecule has 5 heteroatoms. The second kappa shape index (κ2) is 5.40. The highest BCUT2D eigenvalue weighted by Gasteiger charge is 2.09. The summed E-state index contributed by atoms with van der Waals surface area (Å²) in [6.07, 6.45) is 3.20. The van der Waals surface area contributed by atoms with Gasteiger partial charge in [-0.2, -0.15) is 16.7 Å². The molecule has 0 fully saturated rings. The number of aryl methyl sites for hydroxylation is 1. The first-order chi connectivity index (χ1) is 8.24. The van der Waals surface area contributed by atoms with Crippen LogP contribution in [-0.2, 0) is 0 Å². The molecular formula is C12H18N4S. The molecule has 0 spiro atoms. The number of rotatable bonds is 5. The molecule has 92 valence electrons. The maximum absolute atomic E-state index is 4.48. The van der Waals surface area contributed by atoms with Gasteiger partial charge in [0.1, 0.15) is 0 Å². The first-order valence-electron chi connectivity index (χ1n) is 5.82. The monoisotopic (exact) mass is 250 g/mol. The molecule has 0 aliphatic carbocycles. The van der Waals surface area contributed by atoms with E-state index in [1.54, 1.807) is 0 Å². The molecule has 4 nitrogen and oxygen atoms in total. The Kier molecular flexibility index (Phi) is 3.89. The van der Waals surface area contributed by atoms with Crippen LogP contribution >= 0.6 is 11.8 Å². The molecule has 2 aromatic heterocycles. The summed E-state index contributed by atoms with van der Waals surface area (Å²) in [6, 6.07) is 6.44. The molecule has 17 heavy (non-hydrogen) atoms. The average molecular weight is 250 g/mol. The van der Waals surface area contributed by atoms with E-state index in [0.29, 0.717) is 6.04 Å². The van der Waals surface area contributed by atoms with Crippen molar-refractivity contribution in [2.75, 3.05) is 17.3 Å². The third kappa shape index (κ3) is 2.72. The van der Waals surface area contributed by atoms with E-state index in [9.17, 15) is 0 Å². The van der Waals surface area contributed by atoms with Crippen LogP contribution in [0.4, 0.5) is 5.95 Å². The van der Waals surface area contributed by atoms with Gasteiger partial charge in [0, 0.05) is 17.5 Å². The van der Waals surface area contributed by atoms with E-state index in [4.69, 9.17) is 0 Å². The van der Waals surface area contributed by atoms with E-state index >= 15 is 0 Å². The van der Waals surface area contributed by atoms with Crippen LogP contribution in [0.25, 0.3) is 5.65 Å². The van der Waals surface area contributed by atoms with Crippen molar-refractivity contribution in [3.63, 3.8) is 0 Å². The summed E-state index contributed by atoms with van der Waals surface area (Å²) in [6.45, 7) is 4.21. The number of nitrogens with one attached hydrogen (secondary N) is 1. The first kappa shape index (κ1) is 12.2. The van der Waals surface area contributed by atoms with Crippen molar-refractivity contribution < 1.29 is 0 Å². The number of hydrogen-bond donors (Lipinski definition) is 1. The molecule has 0 aromatic carbocycles. The summed E-state index contributed by atoms with van der Waals surface area (Å²) < 4.78 is 1.87. The van der Waals surface area contributed by atoms with E-state index in [0.717, 1.165) is 29.5 Å². The van der Waals surface area contributed by atoms with E-state index in [1.165, 1.54) is 0 Å². The summed E-state index contributed by atoms with van der Waals surface area (Å²) in [5.41, 5.74) is 1.99. The Bertz CT molecular complexity index is 494. The minimum Gasteiger partial charge on any atom is -0.349 e. The summed E-state index contributed by atoms with van der Waals surface area (Å²) in [5.74, 6) is 1.80. The zero-order valence-electron chi connectivity index (χ0n) is 10.5. The molecule has 2 aromatic rings. The normalized spacial score (nSPS) is 12.9. The largest absolute Gasteiger partial charge is 0.349 e. The van der Waals surface area contributed by atoms with E-state index in [2.05, 4.69) is 28.6 Å². The second-order valence-electron chi connectivity index (χ2n) is 4.08. The van der Waals surface area contributed by atoms with Gasteiger partial charge in [-0.15, -0.1) is 5.10 Å². The number of thioether (sulfide) groups is 1. The molecule has 0 saturated carbocycles. The molecule has 0 bridgehead atoms. The van der Waals surface area contributed by atoms with Gasteiger partial charge >= 0.3 is 0 Å². The Hall–Kier alpha value is -1.23. The molecule has 1 atom stereocenters. The van der Waals surface area contributed by atoms with Crippen molar-refractivity contribution >= 4 is 23.4 Å². The molecule has 1 unspecified atom stereocenters. The number of anilines is 1. The van der Waals surface area contributed by atoms with Crippen molar-refractivity contribution in [1.29, 1.82) is 0 Å². The summed E-state index contributed by atoms with van der Waals surface area (Å²) in [4.78, 5) is 4.48. The second-order valence-corrected chi connectivity index (χ2v) is 4.99. The highest BCUT2D eigenvalue weighted by Crippen LogP contribution is 2.11. The van der Waals surface area contributed by atoms with Gasteiger partial charge in [0.15, 0.2) is 5.65 Å². The van der Waals surface area contributed by atoms with Crippen LogP contribution in [0.5, 0.6) is 0 Å². The lowest BCUT2D eigenvalue weighted by Gasteiger charge is -2.13. The van der Waals surface area contributed by atoms with E-state index in [1.807, 2.05) is 41.4 Å². The lowest BCUT2D eigenvalue weighted by molar-refractivity contribution is 0.760. The zero-order chi connectivity index (χ0) is 12.3. The van der Waals surface area contributed by atoms with Crippen LogP contribution < -0.4 is 5.32 Å². The molecule has 2 rings (SSSR count). The fourth-order valence-electron chi connectivity index (χ4n) is 1.74. The van der Waals surface area contributed by atoms with Crippen LogP contribution in [0.2, 0.25) is 0 Å². The van der Waals surface area contributed by atoms with Gasteiger partial charge in [-0.25, -0.2) is 4.52 Å². The maximum atomic E-state index is 4.48. The third-order valence-corrected chi connectivity index (χ3v) is 3.48. The number of nitrogens with zero attached hydrogens (tertiary/aromatic N) is 3. The standard InChI is InChI=1S/C12H18N4S/c1-4-10(8-17-3)13-12-14-11-7-5-6-9(2)16(11)15-12/h5-7,10H,4,8H2,1-3H3,(H,13,15). The lowest BCUT2D eigenvalue weighted by Crippen LogP contribution is -2.21. The van der Waals surface area contributed by atoms with E-state index in [-0.39, 0.29) is 0 Å². The molecule has 1 N–H and O–H groups in total. The Morgan fingerprint density at radius 2 is 2.29 bits per heavy atom. The number of aromatic nitrogens is 3. The fraction of sp³-hybridized carbons (Fsp3) is 0.500. The van der Waals surface area contributed by atoms with Crippen molar-refractivity contribution in [3.8, 4) is 0 Å². The van der Waals surface area contributed by atoms with Crippen LogP contribution in [-0.4, -0.2) is 32.6 Å². The number of hydrogen-bond acceptors (Lipinski definition) is 4. The first-order valence-corrected chi connectivity index (χ1v) is 7.22. The van der Waals surface area contributed by atoms with Crippen LogP contribution in [0.15, 0.2) is 18.2 Å². The maximum Gasteiger partial charge on any atom is 0.243 e. The molecule has 0 saturated heterocycles. The summed E-state index contributed by atoms with van der Waals surface area (Å²) in [7, 11) is 0. The van der Waals surface area contributed by atoms with Gasteiger partial charge in [-0.1, -0.05) is 13.0 Å². The van der Waals surface area contributed by atoms with Gasteiger partial charge in [0.05, 0.1) is 0 Å². The molecule has 2 heterocycles. The van der Waals surface area contributed by atoms with Crippen molar-refractivity contribution in [2.24, 2.45) is 0 Å². The topological polar surface area (TPSA) is 42.2 Å². The predicted molar refractivity (Wildman–Crippen MR) is 73.8 cm³/mol. The van der Waals surface area contributed by atoms with Crippen LogP contribution in [0, 0.1) is 6.92 Å². The van der Waals surface area contributed by atoms with Gasteiger partial charge < -0.3 is 5.32 Å². The minimum atomic E-state index is 0.433. The molecule has 0 aliphatic rings. The van der Waals surface area contributed by atoms with Gasteiger partial charge in [-0.3, -0.25) is 0 Å². The SMILES string of the molecule is CCC(CSC)Nc1nc2cccc(C)n2n1. The van der Waals surface area contributed by atoms with Crippen LogP contribution in [0.1, 0.15) is 19.0 Å². The fourth-order valence-corrected chi connectivity index (χ4v) is 2.46. The van der Waals surface area contributed by atoms with Crippen molar-refractivity contribution in [1.82, 2.24) is 14.6 Å².